The summed E-state index contributed by atoms with van der Waals surface area (Å²) in [5.74, 6) is -4.03. The van der Waals surface area contributed by atoms with Crippen molar-refractivity contribution in [2.24, 2.45) is 5.92 Å². The maximum Gasteiger partial charge on any atom is 0.471 e. The molecule has 2 atom stereocenters. The van der Waals surface area contributed by atoms with Gasteiger partial charge in [-0.25, -0.2) is 0 Å². The number of benzene rings is 1. The van der Waals surface area contributed by atoms with Crippen molar-refractivity contribution in [2.75, 3.05) is 0 Å². The number of nitrogens with one attached hydrogen (secondary N) is 1. The van der Waals surface area contributed by atoms with E-state index >= 15 is 0 Å². The Morgan fingerprint density at radius 2 is 1.80 bits per heavy atom. The number of hydrogen-bond donors (Lipinski definition) is 2. The standard InChI is InChI=1S/C15H14F3N3O4/c1-7(13(23)24)8(2)19-12(22)10-5-3-9(4-6-10)11-20-14(25-21-11)15(16,17)18/h3-8H,1-2H3,(H,19,22)(H,23,24). The summed E-state index contributed by atoms with van der Waals surface area (Å²) in [5.41, 5.74) is 0.454. The van der Waals surface area contributed by atoms with Crippen molar-refractivity contribution in [1.29, 1.82) is 0 Å². The van der Waals surface area contributed by atoms with Crippen LogP contribution in [0.15, 0.2) is 28.8 Å². The van der Waals surface area contributed by atoms with Gasteiger partial charge in [-0.2, -0.15) is 18.2 Å². The molecular weight excluding hydrogens is 343 g/mol. The molecule has 1 heterocycles. The normalized spacial score (nSPS) is 14.0. The Balaban J connectivity index is 2.10. The Labute approximate surface area is 139 Å². The van der Waals surface area contributed by atoms with E-state index < -0.39 is 35.9 Å². The lowest BCUT2D eigenvalue weighted by Crippen LogP contribution is -2.40. The first kappa shape index (κ1) is 18.4. The highest BCUT2D eigenvalue weighted by molar-refractivity contribution is 5.95. The third-order valence-corrected chi connectivity index (χ3v) is 3.57. The molecular formula is C15H14F3N3O4. The van der Waals surface area contributed by atoms with Crippen LogP contribution in [-0.2, 0) is 11.0 Å². The van der Waals surface area contributed by atoms with Crippen LogP contribution in [0.2, 0.25) is 0 Å². The Morgan fingerprint density at radius 3 is 2.28 bits per heavy atom. The number of amides is 1. The van der Waals surface area contributed by atoms with Gasteiger partial charge in [-0.1, -0.05) is 17.3 Å². The molecule has 1 aromatic carbocycles. The number of alkyl halides is 3. The van der Waals surface area contributed by atoms with Gasteiger partial charge in [0.1, 0.15) is 0 Å². The lowest BCUT2D eigenvalue weighted by Gasteiger charge is -2.17. The lowest BCUT2D eigenvalue weighted by atomic mass is 10.0. The summed E-state index contributed by atoms with van der Waals surface area (Å²) in [6.45, 7) is 3.02. The van der Waals surface area contributed by atoms with Crippen molar-refractivity contribution >= 4 is 11.9 Å². The number of aliphatic carboxylic acids is 1. The molecule has 7 nitrogen and oxygen atoms in total. The van der Waals surface area contributed by atoms with Crippen LogP contribution in [-0.4, -0.2) is 33.2 Å². The molecule has 0 saturated carbocycles. The number of carbonyl (C=O) groups is 2. The predicted octanol–water partition coefficient (Wildman–Crippen LogP) is 2.59. The summed E-state index contributed by atoms with van der Waals surface area (Å²) < 4.78 is 41.5. The number of aromatic nitrogens is 2. The molecule has 0 saturated heterocycles. The van der Waals surface area contributed by atoms with Crippen molar-refractivity contribution in [3.63, 3.8) is 0 Å². The van der Waals surface area contributed by atoms with Gasteiger partial charge >= 0.3 is 18.0 Å². The number of halogens is 3. The number of carbonyl (C=O) groups excluding carboxylic acids is 1. The number of carboxylic acid groups (broad SMARTS) is 1. The van der Waals surface area contributed by atoms with Gasteiger partial charge in [0.05, 0.1) is 5.92 Å². The minimum atomic E-state index is -4.73. The Hall–Kier alpha value is -2.91. The first-order valence-electron chi connectivity index (χ1n) is 7.14. The number of nitrogens with zero attached hydrogens (tertiary/aromatic N) is 2. The number of rotatable bonds is 5. The molecule has 0 aliphatic heterocycles. The maximum atomic E-state index is 12.4. The second-order valence-corrected chi connectivity index (χ2v) is 5.39. The molecule has 0 aliphatic carbocycles. The van der Waals surface area contributed by atoms with Crippen LogP contribution in [0.3, 0.4) is 0 Å². The molecule has 134 valence electrons. The number of hydrogen-bond acceptors (Lipinski definition) is 5. The van der Waals surface area contributed by atoms with Gasteiger partial charge in [0.15, 0.2) is 0 Å². The fraction of sp³-hybridized carbons (Fsp3) is 0.333. The molecule has 0 bridgehead atoms. The molecule has 1 aromatic heterocycles. The van der Waals surface area contributed by atoms with Crippen molar-refractivity contribution in [3.05, 3.63) is 35.7 Å². The van der Waals surface area contributed by atoms with E-state index in [1.165, 1.54) is 31.2 Å². The monoisotopic (exact) mass is 357 g/mol. The molecule has 2 rings (SSSR count). The van der Waals surface area contributed by atoms with Crippen LogP contribution in [0.4, 0.5) is 13.2 Å². The molecule has 0 fully saturated rings. The molecule has 0 spiro atoms. The van der Waals surface area contributed by atoms with Crippen LogP contribution in [0.25, 0.3) is 11.4 Å². The molecule has 2 N–H and O–H groups in total. The van der Waals surface area contributed by atoms with E-state index in [9.17, 15) is 22.8 Å². The molecule has 0 aliphatic rings. The molecule has 0 radical (unpaired) electrons. The summed E-state index contributed by atoms with van der Waals surface area (Å²) in [5, 5.41) is 14.7. The Kier molecular flexibility index (Phi) is 5.10. The summed E-state index contributed by atoms with van der Waals surface area (Å²) in [4.78, 5) is 26.2. The largest absolute Gasteiger partial charge is 0.481 e. The fourth-order valence-electron chi connectivity index (χ4n) is 1.86. The van der Waals surface area contributed by atoms with Crippen molar-refractivity contribution < 1.29 is 32.4 Å². The number of carboxylic acids is 1. The maximum absolute atomic E-state index is 12.4. The zero-order valence-electron chi connectivity index (χ0n) is 13.2. The van der Waals surface area contributed by atoms with Crippen molar-refractivity contribution in [3.8, 4) is 11.4 Å². The van der Waals surface area contributed by atoms with E-state index in [1.807, 2.05) is 0 Å². The summed E-state index contributed by atoms with van der Waals surface area (Å²) in [6.07, 6.45) is -4.73. The van der Waals surface area contributed by atoms with Gasteiger partial charge in [-0.15, -0.1) is 0 Å². The van der Waals surface area contributed by atoms with E-state index in [0.717, 1.165) is 0 Å². The van der Waals surface area contributed by atoms with Crippen LogP contribution < -0.4 is 5.32 Å². The predicted molar refractivity (Wildman–Crippen MR) is 78.5 cm³/mol. The highest BCUT2D eigenvalue weighted by atomic mass is 19.4. The average Bonchev–Trinajstić information content (AvgIpc) is 3.04. The molecule has 10 heteroatoms. The van der Waals surface area contributed by atoms with Crippen molar-refractivity contribution in [1.82, 2.24) is 15.5 Å². The molecule has 25 heavy (non-hydrogen) atoms. The van der Waals surface area contributed by atoms with Crippen molar-refractivity contribution in [2.45, 2.75) is 26.1 Å². The Morgan fingerprint density at radius 1 is 1.20 bits per heavy atom. The minimum absolute atomic E-state index is 0.215. The summed E-state index contributed by atoms with van der Waals surface area (Å²) in [6, 6.07) is 4.87. The lowest BCUT2D eigenvalue weighted by molar-refractivity contribution is -0.159. The summed E-state index contributed by atoms with van der Waals surface area (Å²) >= 11 is 0. The van der Waals surface area contributed by atoms with Crippen LogP contribution >= 0.6 is 0 Å². The summed E-state index contributed by atoms with van der Waals surface area (Å²) in [7, 11) is 0. The first-order valence-corrected chi connectivity index (χ1v) is 7.14. The zero-order valence-corrected chi connectivity index (χ0v) is 13.2. The molecule has 2 unspecified atom stereocenters. The Bertz CT molecular complexity index is 771. The van der Waals surface area contributed by atoms with Gasteiger partial charge < -0.3 is 14.9 Å². The fourth-order valence-corrected chi connectivity index (χ4v) is 1.86. The smallest absolute Gasteiger partial charge is 0.471 e. The second-order valence-electron chi connectivity index (χ2n) is 5.39. The molecule has 2 aromatic rings. The third-order valence-electron chi connectivity index (χ3n) is 3.57. The topological polar surface area (TPSA) is 105 Å². The first-order chi connectivity index (χ1) is 11.6. The van der Waals surface area contributed by atoms with Crippen LogP contribution in [0, 0.1) is 5.92 Å². The second kappa shape index (κ2) is 6.91. The van der Waals surface area contributed by atoms with E-state index in [-0.39, 0.29) is 17.0 Å². The highest BCUT2D eigenvalue weighted by Crippen LogP contribution is 2.29. The minimum Gasteiger partial charge on any atom is -0.481 e. The van der Waals surface area contributed by atoms with Gasteiger partial charge in [-0.3, -0.25) is 9.59 Å². The SMILES string of the molecule is CC(NC(=O)c1ccc(-c2noc(C(F)(F)F)n2)cc1)C(C)C(=O)O. The van der Waals surface area contributed by atoms with Crippen LogP contribution in [0.1, 0.15) is 30.1 Å². The average molecular weight is 357 g/mol. The highest BCUT2D eigenvalue weighted by Gasteiger charge is 2.38. The van der Waals surface area contributed by atoms with Gasteiger partial charge in [0.25, 0.3) is 5.91 Å². The molecule has 1 amide bonds. The van der Waals surface area contributed by atoms with E-state index in [1.54, 1.807) is 6.92 Å². The van der Waals surface area contributed by atoms with Crippen LogP contribution in [0.5, 0.6) is 0 Å². The third kappa shape index (κ3) is 4.34. The quantitative estimate of drug-likeness (QED) is 0.852. The van der Waals surface area contributed by atoms with E-state index in [2.05, 4.69) is 20.0 Å². The van der Waals surface area contributed by atoms with Gasteiger partial charge in [0, 0.05) is 17.2 Å². The van der Waals surface area contributed by atoms with E-state index in [0.29, 0.717) is 0 Å². The van der Waals surface area contributed by atoms with E-state index in [4.69, 9.17) is 5.11 Å². The van der Waals surface area contributed by atoms with Gasteiger partial charge in [0.2, 0.25) is 5.82 Å². The zero-order chi connectivity index (χ0) is 18.8. The van der Waals surface area contributed by atoms with Gasteiger partial charge in [-0.05, 0) is 26.0 Å².